The van der Waals surface area contributed by atoms with E-state index in [0.717, 1.165) is 9.21 Å². The summed E-state index contributed by atoms with van der Waals surface area (Å²) in [5, 5.41) is 0.380. The predicted octanol–water partition coefficient (Wildman–Crippen LogP) is 4.28. The molecule has 0 radical (unpaired) electrons. The number of hydrogen-bond donors (Lipinski definition) is 0. The molecule has 0 unspecified atom stereocenters. The predicted molar refractivity (Wildman–Crippen MR) is 106 cm³/mol. The van der Waals surface area contributed by atoms with Crippen molar-refractivity contribution in [3.05, 3.63) is 59.1 Å². The summed E-state index contributed by atoms with van der Waals surface area (Å²) < 4.78 is 52.5. The Kier molecular flexibility index (Phi) is 7.37. The lowest BCUT2D eigenvalue weighted by Gasteiger charge is -2.23. The van der Waals surface area contributed by atoms with E-state index in [2.05, 4.69) is 0 Å². The molecule has 1 amide bonds. The fourth-order valence-electron chi connectivity index (χ4n) is 2.65. The molecule has 0 heterocycles. The van der Waals surface area contributed by atoms with Crippen molar-refractivity contribution in [2.24, 2.45) is 0 Å². The van der Waals surface area contributed by atoms with E-state index in [1.807, 2.05) is 0 Å². The molecule has 0 saturated heterocycles. The van der Waals surface area contributed by atoms with Crippen molar-refractivity contribution >= 4 is 33.2 Å². The summed E-state index contributed by atoms with van der Waals surface area (Å²) in [5.74, 6) is -0.635. The average Bonchev–Trinajstić information content (AvgIpc) is 2.66. The monoisotopic (exact) mass is 430 g/mol. The minimum atomic E-state index is -3.97. The lowest BCUT2D eigenvalue weighted by atomic mass is 10.2. The summed E-state index contributed by atoms with van der Waals surface area (Å²) in [5.41, 5.74) is 0.393. The van der Waals surface area contributed by atoms with Crippen LogP contribution in [-0.4, -0.2) is 45.8 Å². The van der Waals surface area contributed by atoms with Gasteiger partial charge in [-0.2, -0.15) is 0 Å². The number of alkyl halides is 2. The number of carbonyl (C=O) groups excluding carboxylic acids is 1. The number of halogens is 3. The van der Waals surface area contributed by atoms with Crippen molar-refractivity contribution in [2.45, 2.75) is 24.7 Å². The summed E-state index contributed by atoms with van der Waals surface area (Å²) in [6.07, 6.45) is -2.16. The molecular weight excluding hydrogens is 410 g/mol. The highest BCUT2D eigenvalue weighted by Gasteiger charge is 2.24. The van der Waals surface area contributed by atoms with Crippen LogP contribution in [0.4, 0.5) is 14.5 Å². The van der Waals surface area contributed by atoms with Crippen LogP contribution in [-0.2, 0) is 10.0 Å². The molecule has 2 rings (SSSR count). The molecule has 0 aliphatic carbocycles. The van der Waals surface area contributed by atoms with E-state index >= 15 is 0 Å². The van der Waals surface area contributed by atoms with Gasteiger partial charge in [-0.3, -0.25) is 9.10 Å². The van der Waals surface area contributed by atoms with E-state index in [1.165, 1.54) is 37.4 Å². The van der Waals surface area contributed by atoms with Crippen molar-refractivity contribution in [2.75, 3.05) is 24.4 Å². The summed E-state index contributed by atoms with van der Waals surface area (Å²) in [6, 6.07) is 11.7. The maximum absolute atomic E-state index is 12.9. The summed E-state index contributed by atoms with van der Waals surface area (Å²) in [4.78, 5) is 13.5. The van der Waals surface area contributed by atoms with Gasteiger partial charge < -0.3 is 4.90 Å². The Hall–Kier alpha value is -2.19. The van der Waals surface area contributed by atoms with Gasteiger partial charge >= 0.3 is 0 Å². The number of sulfonamides is 1. The molecule has 0 aromatic heterocycles. The molecule has 0 saturated carbocycles. The van der Waals surface area contributed by atoms with E-state index in [9.17, 15) is 22.0 Å². The molecule has 0 aliphatic rings. The molecule has 0 bridgehead atoms. The molecule has 0 fully saturated rings. The van der Waals surface area contributed by atoms with Gasteiger partial charge in [0.05, 0.1) is 17.1 Å². The number of anilines is 1. The molecule has 2 aromatic carbocycles. The number of amides is 1. The zero-order valence-electron chi connectivity index (χ0n) is 15.5. The molecule has 0 spiro atoms. The van der Waals surface area contributed by atoms with Crippen LogP contribution < -0.4 is 4.31 Å². The molecule has 9 heteroatoms. The van der Waals surface area contributed by atoms with E-state index < -0.39 is 28.9 Å². The maximum atomic E-state index is 12.9. The molecule has 0 atom stereocenters. The van der Waals surface area contributed by atoms with Gasteiger partial charge in [0, 0.05) is 24.2 Å². The van der Waals surface area contributed by atoms with Crippen LogP contribution >= 0.6 is 11.6 Å². The second-order valence-corrected chi connectivity index (χ2v) is 8.53. The van der Waals surface area contributed by atoms with Gasteiger partial charge in [0.1, 0.15) is 0 Å². The maximum Gasteiger partial charge on any atom is 0.264 e. The summed E-state index contributed by atoms with van der Waals surface area (Å²) in [6.45, 7) is 1.22. The zero-order valence-corrected chi connectivity index (χ0v) is 17.1. The van der Waals surface area contributed by atoms with Gasteiger partial charge in [-0.1, -0.05) is 30.7 Å². The van der Waals surface area contributed by atoms with Crippen LogP contribution in [0.2, 0.25) is 5.02 Å². The summed E-state index contributed by atoms with van der Waals surface area (Å²) in [7, 11) is -2.60. The Morgan fingerprint density at radius 3 is 2.43 bits per heavy atom. The Balaban J connectivity index is 2.36. The first-order chi connectivity index (χ1) is 13.2. The zero-order chi connectivity index (χ0) is 20.9. The van der Waals surface area contributed by atoms with Crippen LogP contribution in [0.3, 0.4) is 0 Å². The van der Waals surface area contributed by atoms with E-state index in [0.29, 0.717) is 17.1 Å². The average molecular weight is 431 g/mol. The van der Waals surface area contributed by atoms with E-state index in [-0.39, 0.29) is 17.0 Å². The normalized spacial score (nSPS) is 11.5. The minimum absolute atomic E-state index is 0.0367. The van der Waals surface area contributed by atoms with Crippen LogP contribution in [0.5, 0.6) is 0 Å². The molecule has 152 valence electrons. The van der Waals surface area contributed by atoms with Gasteiger partial charge in [0.25, 0.3) is 22.4 Å². The van der Waals surface area contributed by atoms with Crippen LogP contribution in [0.15, 0.2) is 53.4 Å². The summed E-state index contributed by atoms with van der Waals surface area (Å²) >= 11 is 5.92. The third-order valence-corrected chi connectivity index (χ3v) is 6.07. The quantitative estimate of drug-likeness (QED) is 0.628. The number of hydrogen-bond acceptors (Lipinski definition) is 3. The Bertz CT molecular complexity index is 938. The van der Waals surface area contributed by atoms with Crippen molar-refractivity contribution in [1.82, 2.24) is 4.90 Å². The van der Waals surface area contributed by atoms with Gasteiger partial charge in [-0.25, -0.2) is 17.2 Å². The van der Waals surface area contributed by atoms with Crippen molar-refractivity contribution < 1.29 is 22.0 Å². The first-order valence-electron chi connectivity index (χ1n) is 8.58. The van der Waals surface area contributed by atoms with Crippen molar-refractivity contribution in [3.63, 3.8) is 0 Å². The number of benzene rings is 2. The molecule has 5 nitrogen and oxygen atoms in total. The number of nitrogens with zero attached hydrogens (tertiary/aromatic N) is 2. The van der Waals surface area contributed by atoms with Crippen molar-refractivity contribution in [1.29, 1.82) is 0 Å². The fourth-order valence-corrected chi connectivity index (χ4v) is 4.07. The highest BCUT2D eigenvalue weighted by molar-refractivity contribution is 7.92. The first-order valence-corrected chi connectivity index (χ1v) is 10.4. The minimum Gasteiger partial charge on any atom is -0.333 e. The topological polar surface area (TPSA) is 57.7 Å². The molecule has 0 aliphatic heterocycles. The van der Waals surface area contributed by atoms with Gasteiger partial charge in [0.2, 0.25) is 0 Å². The molecule has 0 N–H and O–H groups in total. The number of rotatable bonds is 8. The number of carbonyl (C=O) groups is 1. The van der Waals surface area contributed by atoms with E-state index in [1.54, 1.807) is 25.1 Å². The third-order valence-electron chi connectivity index (χ3n) is 4.05. The highest BCUT2D eigenvalue weighted by Crippen LogP contribution is 2.25. The molecule has 28 heavy (non-hydrogen) atoms. The van der Waals surface area contributed by atoms with Gasteiger partial charge in [-0.05, 0) is 42.8 Å². The SMILES string of the molecule is CCCN(CC(F)F)C(=O)c1cccc(S(=O)(=O)N(C)c2cccc(Cl)c2)c1. The Morgan fingerprint density at radius 1 is 1.14 bits per heavy atom. The Labute approximate surface area is 168 Å². The lowest BCUT2D eigenvalue weighted by Crippen LogP contribution is -2.36. The standard InChI is InChI=1S/C19H21ClF2N2O3S/c1-3-10-24(13-18(21)22)19(25)14-6-4-9-17(11-14)28(26,27)23(2)16-8-5-7-15(20)12-16/h4-9,11-12,18H,3,10,13H2,1-2H3. The smallest absolute Gasteiger partial charge is 0.264 e. The second-order valence-electron chi connectivity index (χ2n) is 6.12. The van der Waals surface area contributed by atoms with Crippen LogP contribution in [0.25, 0.3) is 0 Å². The molecular formula is C19H21ClF2N2O3S. The van der Waals surface area contributed by atoms with Crippen molar-refractivity contribution in [3.8, 4) is 0 Å². The highest BCUT2D eigenvalue weighted by atomic mass is 35.5. The Morgan fingerprint density at radius 2 is 1.82 bits per heavy atom. The van der Waals surface area contributed by atoms with E-state index in [4.69, 9.17) is 11.6 Å². The third kappa shape index (κ3) is 5.20. The largest absolute Gasteiger partial charge is 0.333 e. The van der Waals surface area contributed by atoms with Gasteiger partial charge in [0.15, 0.2) is 0 Å². The van der Waals surface area contributed by atoms with Crippen LogP contribution in [0.1, 0.15) is 23.7 Å². The lowest BCUT2D eigenvalue weighted by molar-refractivity contribution is 0.0555. The van der Waals surface area contributed by atoms with Gasteiger partial charge in [-0.15, -0.1) is 0 Å². The fraction of sp³-hybridized carbons (Fsp3) is 0.316. The molecule has 2 aromatic rings. The first kappa shape index (κ1) is 22.1. The second kappa shape index (κ2) is 9.34. The van der Waals surface area contributed by atoms with Crippen LogP contribution in [0, 0.1) is 0 Å².